The zero-order valence-corrected chi connectivity index (χ0v) is 24.8. The molecular formula is C32H46F3NO6. The molecule has 7 nitrogen and oxygen atoms in total. The molecule has 0 radical (unpaired) electrons. The van der Waals surface area contributed by atoms with Gasteiger partial charge in [0.25, 0.3) is 0 Å². The number of carboxylic acid groups (broad SMARTS) is 2. The van der Waals surface area contributed by atoms with Gasteiger partial charge in [-0.3, -0.25) is 19.2 Å². The van der Waals surface area contributed by atoms with Crippen LogP contribution in [0.1, 0.15) is 108 Å². The Bertz CT molecular complexity index is 1010. The lowest BCUT2D eigenvalue weighted by Gasteiger charge is -2.22. The van der Waals surface area contributed by atoms with E-state index in [4.69, 9.17) is 0 Å². The number of allylic oxidation sites excluding steroid dienone is 1. The SMILES string of the molecule is CCCCCCCC(=O)CCCCCC/C=C/[C@H](C(=O)NC(C)Cc1ccc(C(F)(F)F)cc1)C(CC(=O)O)C(=O)O. The van der Waals surface area contributed by atoms with Crippen LogP contribution in [0.2, 0.25) is 0 Å². The van der Waals surface area contributed by atoms with Crippen molar-refractivity contribution in [3.05, 3.63) is 47.5 Å². The summed E-state index contributed by atoms with van der Waals surface area (Å²) >= 11 is 0. The molecule has 1 aromatic carbocycles. The monoisotopic (exact) mass is 597 g/mol. The summed E-state index contributed by atoms with van der Waals surface area (Å²) in [6, 6.07) is 4.01. The number of hydrogen-bond acceptors (Lipinski definition) is 4. The number of halogens is 3. The number of unbranched alkanes of at least 4 members (excludes halogenated alkanes) is 8. The third-order valence-electron chi connectivity index (χ3n) is 7.14. The van der Waals surface area contributed by atoms with Crippen LogP contribution in [0.15, 0.2) is 36.4 Å². The molecule has 0 aliphatic rings. The number of carboxylic acids is 2. The molecule has 0 aliphatic heterocycles. The highest BCUT2D eigenvalue weighted by Crippen LogP contribution is 2.29. The van der Waals surface area contributed by atoms with Crippen molar-refractivity contribution >= 4 is 23.6 Å². The molecule has 42 heavy (non-hydrogen) atoms. The summed E-state index contributed by atoms with van der Waals surface area (Å²) < 4.78 is 38.4. The van der Waals surface area contributed by atoms with E-state index in [1.54, 1.807) is 13.0 Å². The minimum atomic E-state index is -4.46. The number of Topliss-reactive ketones (excluding diaryl/α,β-unsaturated/α-hetero) is 1. The average molecular weight is 598 g/mol. The van der Waals surface area contributed by atoms with Crippen molar-refractivity contribution in [2.24, 2.45) is 11.8 Å². The largest absolute Gasteiger partial charge is 0.481 e. The van der Waals surface area contributed by atoms with Gasteiger partial charge >= 0.3 is 18.1 Å². The smallest absolute Gasteiger partial charge is 0.416 e. The number of hydrogen-bond donors (Lipinski definition) is 3. The van der Waals surface area contributed by atoms with E-state index in [0.717, 1.165) is 50.7 Å². The second-order valence-electron chi connectivity index (χ2n) is 11.0. The summed E-state index contributed by atoms with van der Waals surface area (Å²) in [5.41, 5.74) is -0.232. The van der Waals surface area contributed by atoms with E-state index in [2.05, 4.69) is 12.2 Å². The van der Waals surface area contributed by atoms with Crippen LogP contribution >= 0.6 is 0 Å². The molecule has 3 atom stereocenters. The highest BCUT2D eigenvalue weighted by molar-refractivity contribution is 5.88. The summed E-state index contributed by atoms with van der Waals surface area (Å²) in [5.74, 6) is -5.83. The fourth-order valence-corrected chi connectivity index (χ4v) is 4.77. The van der Waals surface area contributed by atoms with Crippen molar-refractivity contribution in [1.82, 2.24) is 5.32 Å². The van der Waals surface area contributed by atoms with Crippen LogP contribution in [0, 0.1) is 11.8 Å². The van der Waals surface area contributed by atoms with E-state index >= 15 is 0 Å². The van der Waals surface area contributed by atoms with Gasteiger partial charge in [0.1, 0.15) is 5.78 Å². The number of amides is 1. The average Bonchev–Trinajstić information content (AvgIpc) is 2.90. The Morgan fingerprint density at radius 1 is 0.881 bits per heavy atom. The van der Waals surface area contributed by atoms with Crippen LogP contribution in [0.3, 0.4) is 0 Å². The Morgan fingerprint density at radius 2 is 1.45 bits per heavy atom. The van der Waals surface area contributed by atoms with Crippen molar-refractivity contribution in [2.75, 3.05) is 0 Å². The number of benzene rings is 1. The predicted molar refractivity (Wildman–Crippen MR) is 155 cm³/mol. The van der Waals surface area contributed by atoms with Crippen LogP contribution in [0.25, 0.3) is 0 Å². The third-order valence-corrected chi connectivity index (χ3v) is 7.14. The van der Waals surface area contributed by atoms with Gasteiger partial charge in [-0.25, -0.2) is 0 Å². The predicted octanol–water partition coefficient (Wildman–Crippen LogP) is 7.37. The molecule has 0 fully saturated rings. The summed E-state index contributed by atoms with van der Waals surface area (Å²) in [7, 11) is 0. The second-order valence-corrected chi connectivity index (χ2v) is 11.0. The van der Waals surface area contributed by atoms with Crippen LogP contribution in [-0.2, 0) is 31.8 Å². The lowest BCUT2D eigenvalue weighted by atomic mass is 9.87. The van der Waals surface area contributed by atoms with Gasteiger partial charge < -0.3 is 15.5 Å². The molecule has 0 heterocycles. The topological polar surface area (TPSA) is 121 Å². The summed E-state index contributed by atoms with van der Waals surface area (Å²) in [4.78, 5) is 48.2. The van der Waals surface area contributed by atoms with E-state index in [0.29, 0.717) is 30.6 Å². The van der Waals surface area contributed by atoms with Crippen LogP contribution < -0.4 is 5.32 Å². The molecule has 0 bridgehead atoms. The molecule has 0 aliphatic carbocycles. The van der Waals surface area contributed by atoms with Gasteiger partial charge in [-0.1, -0.05) is 69.7 Å². The molecule has 1 aromatic rings. The summed E-state index contributed by atoms with van der Waals surface area (Å²) in [6.07, 6.45) is 8.85. The quantitative estimate of drug-likeness (QED) is 0.0948. The highest BCUT2D eigenvalue weighted by atomic mass is 19.4. The van der Waals surface area contributed by atoms with E-state index in [1.165, 1.54) is 37.5 Å². The highest BCUT2D eigenvalue weighted by Gasteiger charge is 2.34. The molecule has 1 amide bonds. The maximum absolute atomic E-state index is 13.1. The van der Waals surface area contributed by atoms with Gasteiger partial charge in [-0.05, 0) is 56.7 Å². The van der Waals surface area contributed by atoms with Crippen molar-refractivity contribution in [1.29, 1.82) is 0 Å². The van der Waals surface area contributed by atoms with Gasteiger partial charge in [0.15, 0.2) is 0 Å². The van der Waals surface area contributed by atoms with E-state index < -0.39 is 53.9 Å². The summed E-state index contributed by atoms with van der Waals surface area (Å²) in [5, 5.41) is 21.5. The molecule has 0 saturated heterocycles. The molecule has 0 saturated carbocycles. The van der Waals surface area contributed by atoms with Crippen molar-refractivity contribution in [3.8, 4) is 0 Å². The van der Waals surface area contributed by atoms with Crippen molar-refractivity contribution in [2.45, 2.75) is 116 Å². The van der Waals surface area contributed by atoms with Gasteiger partial charge in [0.2, 0.25) is 5.91 Å². The molecule has 2 unspecified atom stereocenters. The third kappa shape index (κ3) is 15.7. The van der Waals surface area contributed by atoms with Crippen molar-refractivity contribution < 1.29 is 42.6 Å². The minimum absolute atomic E-state index is 0.207. The van der Waals surface area contributed by atoms with Gasteiger partial charge in [0.05, 0.1) is 23.8 Å². The first-order chi connectivity index (χ1) is 19.8. The van der Waals surface area contributed by atoms with Crippen LogP contribution in [0.4, 0.5) is 13.2 Å². The Hall–Kier alpha value is -3.17. The van der Waals surface area contributed by atoms with Crippen molar-refractivity contribution in [3.63, 3.8) is 0 Å². The molecular weight excluding hydrogens is 551 g/mol. The first-order valence-electron chi connectivity index (χ1n) is 14.9. The Labute approximate surface area is 247 Å². The standard InChI is InChI=1S/C32H46F3NO6/c1-3-4-5-8-11-14-26(37)15-12-9-6-7-10-13-16-27(28(31(41)42)22-29(38)39)30(40)36-23(2)21-24-17-19-25(20-18-24)32(33,34)35/h13,16-20,23,27-28H,3-12,14-15,21-22H2,1-2H3,(H,36,40)(H,38,39)(H,41,42)/b16-13+/t23?,27-,28?/m0/s1. The lowest BCUT2D eigenvalue weighted by Crippen LogP contribution is -2.42. The number of nitrogens with one attached hydrogen (secondary N) is 1. The number of carbonyl (C=O) groups excluding carboxylic acids is 2. The van der Waals surface area contributed by atoms with Gasteiger partial charge in [0, 0.05) is 18.9 Å². The minimum Gasteiger partial charge on any atom is -0.481 e. The normalized spacial score (nSPS) is 13.9. The molecule has 3 N–H and O–H groups in total. The summed E-state index contributed by atoms with van der Waals surface area (Å²) in [6.45, 7) is 3.79. The Morgan fingerprint density at radius 3 is 1.98 bits per heavy atom. The van der Waals surface area contributed by atoms with E-state index in [9.17, 15) is 42.6 Å². The number of carbonyl (C=O) groups is 4. The van der Waals surface area contributed by atoms with Crippen LogP contribution in [-0.4, -0.2) is 39.9 Å². The number of ketones is 1. The number of alkyl halides is 3. The Kier molecular flexibility index (Phi) is 17.4. The molecule has 0 aromatic heterocycles. The first kappa shape index (κ1) is 36.9. The molecule has 0 spiro atoms. The second kappa shape index (κ2) is 19.9. The molecule has 10 heteroatoms. The maximum Gasteiger partial charge on any atom is 0.416 e. The zero-order valence-electron chi connectivity index (χ0n) is 24.8. The zero-order chi connectivity index (χ0) is 31.5. The maximum atomic E-state index is 13.1. The Balaban J connectivity index is 2.62. The first-order valence-corrected chi connectivity index (χ1v) is 14.9. The number of aliphatic carboxylic acids is 2. The van der Waals surface area contributed by atoms with E-state index in [1.807, 2.05) is 0 Å². The lowest BCUT2D eigenvalue weighted by molar-refractivity contribution is -0.151. The molecule has 236 valence electrons. The molecule has 1 rings (SSSR count). The van der Waals surface area contributed by atoms with Gasteiger partial charge in [-0.15, -0.1) is 0 Å². The number of rotatable bonds is 22. The fraction of sp³-hybridized carbons (Fsp3) is 0.625. The van der Waals surface area contributed by atoms with Crippen LogP contribution in [0.5, 0.6) is 0 Å². The van der Waals surface area contributed by atoms with E-state index in [-0.39, 0.29) is 6.42 Å². The van der Waals surface area contributed by atoms with Gasteiger partial charge in [-0.2, -0.15) is 13.2 Å². The fourth-order valence-electron chi connectivity index (χ4n) is 4.77.